The van der Waals surface area contributed by atoms with E-state index in [0.29, 0.717) is 29.8 Å². The van der Waals surface area contributed by atoms with Crippen molar-refractivity contribution in [3.05, 3.63) is 0 Å². The van der Waals surface area contributed by atoms with Gasteiger partial charge < -0.3 is 18.9 Å². The molecular weight excluding hydrogens is 316 g/mol. The number of hydrogen-bond donors (Lipinski definition) is 0. The Morgan fingerprint density at radius 2 is 1.08 bits per heavy atom. The molecule has 0 spiro atoms. The van der Waals surface area contributed by atoms with Crippen LogP contribution in [0.25, 0.3) is 0 Å². The van der Waals surface area contributed by atoms with Crippen LogP contribution in [-0.2, 0) is 18.9 Å². The first-order valence-corrected chi connectivity index (χ1v) is 10.6. The highest BCUT2D eigenvalue weighted by Gasteiger charge is 2.41. The van der Waals surface area contributed by atoms with Crippen molar-refractivity contribution in [2.45, 2.75) is 89.6 Å². The first-order chi connectivity index (χ1) is 12.1. The topological polar surface area (TPSA) is 43.5 Å². The van der Waals surface area contributed by atoms with E-state index in [1.54, 1.807) is 0 Å². The Kier molecular flexibility index (Phi) is 5.71. The minimum atomic E-state index is 0. The van der Waals surface area contributed by atoms with E-state index in [1.807, 2.05) is 0 Å². The fourth-order valence-electron chi connectivity index (χ4n) is 5.10. The van der Waals surface area contributed by atoms with Gasteiger partial charge in [0, 0.05) is 2.85 Å². The van der Waals surface area contributed by atoms with Crippen molar-refractivity contribution in [3.63, 3.8) is 0 Å². The fourth-order valence-corrected chi connectivity index (χ4v) is 5.10. The van der Waals surface area contributed by atoms with E-state index in [0.717, 1.165) is 38.3 Å². The van der Waals surface area contributed by atoms with Gasteiger partial charge >= 0.3 is 0 Å². The van der Waals surface area contributed by atoms with E-state index in [4.69, 9.17) is 18.9 Å². The lowest BCUT2D eigenvalue weighted by Gasteiger charge is -2.46. The summed E-state index contributed by atoms with van der Waals surface area (Å²) in [5, 5.41) is 0. The van der Waals surface area contributed by atoms with Gasteiger partial charge in [0.2, 0.25) is 0 Å². The van der Waals surface area contributed by atoms with Crippen molar-refractivity contribution in [1.29, 1.82) is 0 Å². The Bertz CT molecular complexity index is 386. The smallest absolute Gasteiger partial charge is 0.104 e. The third-order valence-electron chi connectivity index (χ3n) is 7.29. The Labute approximate surface area is 155 Å². The summed E-state index contributed by atoms with van der Waals surface area (Å²) in [6.07, 6.45) is 12.0. The van der Waals surface area contributed by atoms with Crippen LogP contribution < -0.4 is 0 Å². The zero-order valence-corrected chi connectivity index (χ0v) is 16.1. The molecule has 148 valence electrons. The predicted molar refractivity (Wildman–Crippen MR) is 101 cm³/mol. The van der Waals surface area contributed by atoms with Crippen LogP contribution in [0.5, 0.6) is 0 Å². The Balaban J connectivity index is 0.00000131. The van der Waals surface area contributed by atoms with Crippen LogP contribution in [0, 0.1) is 17.3 Å². The van der Waals surface area contributed by atoms with Gasteiger partial charge in [-0.2, -0.15) is 0 Å². The summed E-state index contributed by atoms with van der Waals surface area (Å²) in [4.78, 5) is 0. The van der Waals surface area contributed by atoms with Crippen molar-refractivity contribution in [2.75, 3.05) is 26.4 Å². The third-order valence-corrected chi connectivity index (χ3v) is 7.29. The summed E-state index contributed by atoms with van der Waals surface area (Å²) in [5.74, 6) is 1.71. The van der Waals surface area contributed by atoms with Crippen LogP contribution in [0.2, 0.25) is 0 Å². The van der Waals surface area contributed by atoms with E-state index < -0.39 is 0 Å². The van der Waals surface area contributed by atoms with Crippen molar-refractivity contribution in [3.8, 4) is 0 Å². The van der Waals surface area contributed by atoms with Crippen LogP contribution in [0.4, 0.5) is 0 Å². The van der Waals surface area contributed by atoms with Gasteiger partial charge in [0.05, 0.1) is 38.6 Å². The first kappa shape index (κ1) is 18.2. The maximum Gasteiger partial charge on any atom is 0.104 e. The Morgan fingerprint density at radius 1 is 0.720 bits per heavy atom. The van der Waals surface area contributed by atoms with Gasteiger partial charge in [0.1, 0.15) is 12.2 Å². The molecule has 0 radical (unpaired) electrons. The van der Waals surface area contributed by atoms with Crippen LogP contribution in [-0.4, -0.2) is 50.8 Å². The molecule has 25 heavy (non-hydrogen) atoms. The summed E-state index contributed by atoms with van der Waals surface area (Å²) >= 11 is 0. The summed E-state index contributed by atoms with van der Waals surface area (Å²) in [6.45, 7) is 8.50. The number of hydrogen-bond acceptors (Lipinski definition) is 4. The molecule has 2 unspecified atom stereocenters. The number of rotatable bonds is 8. The Morgan fingerprint density at radius 3 is 1.40 bits per heavy atom. The van der Waals surface area contributed by atoms with Crippen LogP contribution in [0.3, 0.4) is 0 Å². The van der Waals surface area contributed by atoms with Crippen molar-refractivity contribution in [2.24, 2.45) is 17.3 Å². The summed E-state index contributed by atoms with van der Waals surface area (Å²) in [7, 11) is 0. The van der Waals surface area contributed by atoms with Gasteiger partial charge in [0.25, 0.3) is 0 Å². The van der Waals surface area contributed by atoms with Gasteiger partial charge in [-0.05, 0) is 68.6 Å². The highest BCUT2D eigenvalue weighted by Crippen LogP contribution is 2.48. The molecule has 4 nitrogen and oxygen atoms in total. The molecule has 4 rings (SSSR count). The van der Waals surface area contributed by atoms with Gasteiger partial charge in [-0.3, -0.25) is 0 Å². The van der Waals surface area contributed by atoms with Crippen LogP contribution >= 0.6 is 0 Å². The van der Waals surface area contributed by atoms with E-state index >= 15 is 0 Å². The molecule has 2 heterocycles. The van der Waals surface area contributed by atoms with E-state index in [2.05, 4.69) is 13.8 Å². The molecule has 4 fully saturated rings. The zero-order chi connectivity index (χ0) is 17.3. The van der Waals surface area contributed by atoms with E-state index in [1.165, 1.54) is 51.4 Å². The average molecular weight is 357 g/mol. The monoisotopic (exact) mass is 356 g/mol. The molecule has 2 atom stereocenters. The second-order valence-corrected chi connectivity index (χ2v) is 9.35. The highest BCUT2D eigenvalue weighted by molar-refractivity contribution is 4.91. The molecule has 2 aliphatic carbocycles. The fraction of sp³-hybridized carbons (Fsp3) is 1.00. The van der Waals surface area contributed by atoms with E-state index in [9.17, 15) is 0 Å². The molecule has 0 N–H and O–H groups in total. The summed E-state index contributed by atoms with van der Waals surface area (Å²) < 4.78 is 22.6. The molecule has 0 amide bonds. The minimum Gasteiger partial charge on any atom is -0.375 e. The molecule has 0 aromatic carbocycles. The molecule has 2 aliphatic heterocycles. The number of epoxide rings is 2. The standard InChI is InChI=1S/C21H36O4.2H2/c1-21(2,15-3-7-17(8-4-15)22-11-19-13-24-19)16-5-9-18(10-6-16)23-12-20-14-25-20;;/h15-20H,3-14H2,1-2H3;2*1H. The van der Waals surface area contributed by atoms with Crippen LogP contribution in [0.1, 0.15) is 68.1 Å². The quantitative estimate of drug-likeness (QED) is 0.603. The largest absolute Gasteiger partial charge is 0.375 e. The first-order valence-electron chi connectivity index (χ1n) is 10.6. The molecule has 0 aromatic heterocycles. The lowest BCUT2D eigenvalue weighted by molar-refractivity contribution is -0.0387. The second kappa shape index (κ2) is 7.84. The lowest BCUT2D eigenvalue weighted by Crippen LogP contribution is -2.39. The zero-order valence-electron chi connectivity index (χ0n) is 16.1. The molecule has 2 saturated carbocycles. The minimum absolute atomic E-state index is 0. The van der Waals surface area contributed by atoms with Crippen molar-refractivity contribution < 1.29 is 21.8 Å². The summed E-state index contributed by atoms with van der Waals surface area (Å²) in [5.41, 5.74) is 0.454. The molecule has 4 aliphatic rings. The second-order valence-electron chi connectivity index (χ2n) is 9.35. The molecule has 2 saturated heterocycles. The van der Waals surface area contributed by atoms with Crippen LogP contribution in [0.15, 0.2) is 0 Å². The third kappa shape index (κ3) is 4.97. The molecule has 0 aromatic rings. The van der Waals surface area contributed by atoms with Gasteiger partial charge in [0.15, 0.2) is 0 Å². The van der Waals surface area contributed by atoms with E-state index in [-0.39, 0.29) is 2.85 Å². The highest BCUT2D eigenvalue weighted by atomic mass is 16.6. The SMILES string of the molecule is CC(C)(C1CCC(OCC2CO2)CC1)C1CCC(OCC2CO2)CC1.[HH].[HH]. The molecule has 4 heteroatoms. The van der Waals surface area contributed by atoms with Gasteiger partial charge in [-0.1, -0.05) is 13.8 Å². The van der Waals surface area contributed by atoms with Gasteiger partial charge in [-0.15, -0.1) is 0 Å². The molecule has 0 bridgehead atoms. The van der Waals surface area contributed by atoms with Crippen molar-refractivity contribution in [1.82, 2.24) is 0 Å². The predicted octanol–water partition coefficient (Wildman–Crippen LogP) is 4.45. The lowest BCUT2D eigenvalue weighted by atomic mass is 9.60. The average Bonchev–Trinajstić information content (AvgIpc) is 3.54. The maximum atomic E-state index is 6.03. The normalized spacial score (nSPS) is 41.5. The van der Waals surface area contributed by atoms with Crippen molar-refractivity contribution >= 4 is 0 Å². The maximum absolute atomic E-state index is 6.03. The molecular formula is C21H40O4. The number of ether oxygens (including phenoxy) is 4. The summed E-state index contributed by atoms with van der Waals surface area (Å²) in [6, 6.07) is 0. The van der Waals surface area contributed by atoms with Gasteiger partial charge in [-0.25, -0.2) is 0 Å². The Hall–Kier alpha value is -0.160.